The number of hydrogen-bond acceptors (Lipinski definition) is 5. The maximum absolute atomic E-state index is 13.2. The lowest BCUT2D eigenvalue weighted by Gasteiger charge is -2.32. The van der Waals surface area contributed by atoms with Gasteiger partial charge >= 0.3 is 12.1 Å². The fourth-order valence-electron chi connectivity index (χ4n) is 3.69. The highest BCUT2D eigenvalue weighted by Crippen LogP contribution is 2.43. The van der Waals surface area contributed by atoms with Crippen molar-refractivity contribution in [1.82, 2.24) is 4.57 Å². The monoisotopic (exact) mass is 441 g/mol. The van der Waals surface area contributed by atoms with E-state index in [9.17, 15) is 27.9 Å². The third-order valence-electron chi connectivity index (χ3n) is 5.04. The minimum atomic E-state index is -4.47. The number of carbonyl (C=O) groups is 1. The number of fused-ring (bicyclic) bond motifs is 3. The largest absolute Gasteiger partial charge is 0.493 e. The van der Waals surface area contributed by atoms with E-state index < -0.39 is 35.6 Å². The molecule has 1 aromatic heterocycles. The number of carboxylic acids is 1. The number of aromatic carboxylic acids is 1. The van der Waals surface area contributed by atoms with Crippen LogP contribution >= 0.6 is 0 Å². The number of benzene rings is 1. The van der Waals surface area contributed by atoms with Gasteiger partial charge in [0.05, 0.1) is 25.8 Å². The minimum absolute atomic E-state index is 0.0117. The number of rotatable bonds is 8. The van der Waals surface area contributed by atoms with Gasteiger partial charge < -0.3 is 23.9 Å². The van der Waals surface area contributed by atoms with E-state index in [2.05, 4.69) is 0 Å². The van der Waals surface area contributed by atoms with E-state index in [4.69, 9.17) is 14.2 Å². The summed E-state index contributed by atoms with van der Waals surface area (Å²) in [5.74, 6) is -0.762. The molecule has 0 bridgehead atoms. The lowest BCUT2D eigenvalue weighted by Crippen LogP contribution is -2.28. The highest BCUT2D eigenvalue weighted by Gasteiger charge is 2.36. The highest BCUT2D eigenvalue weighted by molar-refractivity contribution is 5.87. The predicted molar refractivity (Wildman–Crippen MR) is 105 cm³/mol. The molecule has 10 heteroatoms. The quantitative estimate of drug-likeness (QED) is 0.629. The smallest absolute Gasteiger partial charge is 0.391 e. The fraction of sp³-hybridized carbons (Fsp3) is 0.429. The van der Waals surface area contributed by atoms with Gasteiger partial charge in [-0.15, -0.1) is 0 Å². The molecule has 0 saturated carbocycles. The number of aromatic nitrogens is 1. The molecule has 2 aromatic rings. The van der Waals surface area contributed by atoms with Crippen LogP contribution in [0.3, 0.4) is 0 Å². The number of methoxy groups -OCH3 is 2. The Bertz CT molecular complexity index is 1030. The molecule has 1 N–H and O–H groups in total. The van der Waals surface area contributed by atoms with Crippen LogP contribution in [-0.2, 0) is 11.2 Å². The van der Waals surface area contributed by atoms with Crippen molar-refractivity contribution in [2.75, 3.05) is 27.4 Å². The van der Waals surface area contributed by atoms with Crippen LogP contribution in [0.15, 0.2) is 29.2 Å². The van der Waals surface area contributed by atoms with Crippen LogP contribution in [0, 0.1) is 0 Å². The van der Waals surface area contributed by atoms with Gasteiger partial charge in [-0.1, -0.05) is 0 Å². The molecule has 1 atom stereocenters. The molecule has 0 saturated heterocycles. The number of carboxylic acid groups (broad SMARTS) is 1. The molecule has 0 fully saturated rings. The van der Waals surface area contributed by atoms with Crippen LogP contribution < -0.4 is 14.9 Å². The van der Waals surface area contributed by atoms with Gasteiger partial charge in [0.25, 0.3) is 0 Å². The first-order valence-electron chi connectivity index (χ1n) is 9.54. The number of alkyl halides is 3. The standard InChI is InChI=1S/C21H22F3NO6/c1-29-4-3-5-31-19-7-12-6-13(10-21(22,23)24)25-11-15(20(27)28)17(26)9-16(25)14(12)8-18(19)30-2/h7-9,11,13H,3-6,10H2,1-2H3,(H,27,28). The number of nitrogens with zero attached hydrogens (tertiary/aromatic N) is 1. The average molecular weight is 441 g/mol. The van der Waals surface area contributed by atoms with E-state index in [1.165, 1.54) is 11.7 Å². The third-order valence-corrected chi connectivity index (χ3v) is 5.04. The van der Waals surface area contributed by atoms with E-state index in [1.807, 2.05) is 0 Å². The van der Waals surface area contributed by atoms with Gasteiger partial charge in [0.15, 0.2) is 16.9 Å². The number of pyridine rings is 1. The molecule has 2 heterocycles. The van der Waals surface area contributed by atoms with Crippen LogP contribution in [0.4, 0.5) is 13.2 Å². The van der Waals surface area contributed by atoms with Crippen molar-refractivity contribution >= 4 is 5.97 Å². The Labute approximate surface area is 176 Å². The Morgan fingerprint density at radius 3 is 2.55 bits per heavy atom. The molecule has 1 aromatic carbocycles. The van der Waals surface area contributed by atoms with E-state index >= 15 is 0 Å². The summed E-state index contributed by atoms with van der Waals surface area (Å²) in [5.41, 5.74) is -0.108. The van der Waals surface area contributed by atoms with Crippen molar-refractivity contribution < 1.29 is 37.3 Å². The summed E-state index contributed by atoms with van der Waals surface area (Å²) in [6.45, 7) is 0.816. The van der Waals surface area contributed by atoms with Crippen molar-refractivity contribution in [1.29, 1.82) is 0 Å². The van der Waals surface area contributed by atoms with Crippen molar-refractivity contribution in [3.63, 3.8) is 0 Å². The van der Waals surface area contributed by atoms with E-state index in [0.717, 1.165) is 12.3 Å². The Hall–Kier alpha value is -3.01. The maximum Gasteiger partial charge on any atom is 0.391 e. The normalized spacial score (nSPS) is 15.2. The zero-order chi connectivity index (χ0) is 22.8. The topological polar surface area (TPSA) is 87.0 Å². The summed E-state index contributed by atoms with van der Waals surface area (Å²) >= 11 is 0. The summed E-state index contributed by atoms with van der Waals surface area (Å²) in [7, 11) is 3.00. The van der Waals surface area contributed by atoms with Gasteiger partial charge in [0.2, 0.25) is 0 Å². The molecule has 0 aliphatic carbocycles. The maximum atomic E-state index is 13.2. The Morgan fingerprint density at radius 2 is 1.94 bits per heavy atom. The molecule has 1 unspecified atom stereocenters. The first-order chi connectivity index (χ1) is 14.6. The Kier molecular flexibility index (Phi) is 6.59. The fourth-order valence-corrected chi connectivity index (χ4v) is 3.69. The van der Waals surface area contributed by atoms with Crippen molar-refractivity contribution in [3.8, 4) is 22.8 Å². The molecule has 31 heavy (non-hydrogen) atoms. The Balaban J connectivity index is 2.11. The summed E-state index contributed by atoms with van der Waals surface area (Å²) in [6.07, 6.45) is -4.05. The third kappa shape index (κ3) is 5.01. The van der Waals surface area contributed by atoms with Crippen LogP contribution in [0.2, 0.25) is 0 Å². The van der Waals surface area contributed by atoms with Gasteiger partial charge in [-0.05, 0) is 24.1 Å². The zero-order valence-electron chi connectivity index (χ0n) is 17.0. The molecule has 0 radical (unpaired) electrons. The van der Waals surface area contributed by atoms with E-state index in [-0.39, 0.29) is 12.1 Å². The van der Waals surface area contributed by atoms with Crippen LogP contribution in [0.5, 0.6) is 11.5 Å². The summed E-state index contributed by atoms with van der Waals surface area (Å²) in [5, 5.41) is 9.24. The molecule has 7 nitrogen and oxygen atoms in total. The lowest BCUT2D eigenvalue weighted by molar-refractivity contribution is -0.142. The van der Waals surface area contributed by atoms with Crippen LogP contribution in [0.1, 0.15) is 34.8 Å². The van der Waals surface area contributed by atoms with Gasteiger partial charge in [-0.2, -0.15) is 13.2 Å². The van der Waals surface area contributed by atoms with E-state index in [0.29, 0.717) is 42.3 Å². The molecule has 3 rings (SSSR count). The number of hydrogen-bond donors (Lipinski definition) is 1. The summed E-state index contributed by atoms with van der Waals surface area (Å²) in [4.78, 5) is 23.6. The van der Waals surface area contributed by atoms with Crippen molar-refractivity contribution in [2.24, 2.45) is 0 Å². The molecule has 1 aliphatic rings. The molecular formula is C21H22F3NO6. The highest BCUT2D eigenvalue weighted by atomic mass is 19.4. The van der Waals surface area contributed by atoms with Crippen LogP contribution in [0.25, 0.3) is 11.3 Å². The van der Waals surface area contributed by atoms with Crippen LogP contribution in [-0.4, -0.2) is 49.3 Å². The zero-order valence-corrected chi connectivity index (χ0v) is 17.0. The van der Waals surface area contributed by atoms with Crippen molar-refractivity contribution in [3.05, 3.63) is 45.7 Å². The summed E-state index contributed by atoms with van der Waals surface area (Å²) < 4.78 is 57.0. The first kappa shape index (κ1) is 22.7. The molecule has 0 spiro atoms. The van der Waals surface area contributed by atoms with Gasteiger partial charge in [-0.25, -0.2) is 4.79 Å². The number of ether oxygens (including phenoxy) is 3. The minimum Gasteiger partial charge on any atom is -0.493 e. The van der Waals surface area contributed by atoms with Gasteiger partial charge in [-0.3, -0.25) is 4.79 Å². The molecular weight excluding hydrogens is 419 g/mol. The molecule has 0 amide bonds. The Morgan fingerprint density at radius 1 is 1.19 bits per heavy atom. The second-order valence-electron chi connectivity index (χ2n) is 7.18. The SMILES string of the molecule is COCCCOc1cc2c(cc1OC)-c1cc(=O)c(C(=O)O)cn1C(CC(F)(F)F)C2. The average Bonchev–Trinajstić information content (AvgIpc) is 2.69. The lowest BCUT2D eigenvalue weighted by atomic mass is 9.90. The van der Waals surface area contributed by atoms with Crippen molar-refractivity contribution in [2.45, 2.75) is 31.5 Å². The van der Waals surface area contributed by atoms with Gasteiger partial charge in [0, 0.05) is 44.0 Å². The first-order valence-corrected chi connectivity index (χ1v) is 9.54. The second-order valence-corrected chi connectivity index (χ2v) is 7.18. The predicted octanol–water partition coefficient (Wildman–Crippen LogP) is 3.69. The molecule has 1 aliphatic heterocycles. The van der Waals surface area contributed by atoms with Gasteiger partial charge in [0.1, 0.15) is 5.56 Å². The summed E-state index contributed by atoms with van der Waals surface area (Å²) in [6, 6.07) is 3.17. The number of halogens is 3. The molecule has 168 valence electrons. The second kappa shape index (κ2) is 9.01. The van der Waals surface area contributed by atoms with E-state index in [1.54, 1.807) is 19.2 Å².